The summed E-state index contributed by atoms with van der Waals surface area (Å²) in [6, 6.07) is 0.309. The number of hydrogen-bond donors (Lipinski definition) is 1. The third kappa shape index (κ3) is 2.83. The highest BCUT2D eigenvalue weighted by atomic mass is 16.3. The highest BCUT2D eigenvalue weighted by Gasteiger charge is 2.41. The van der Waals surface area contributed by atoms with Crippen LogP contribution in [-0.4, -0.2) is 25.5 Å². The second-order valence-electron chi connectivity index (χ2n) is 6.81. The van der Waals surface area contributed by atoms with Crippen LogP contribution < -0.4 is 0 Å². The minimum Gasteiger partial charge on any atom is -0.389 e. The van der Waals surface area contributed by atoms with E-state index in [1.807, 2.05) is 4.68 Å². The van der Waals surface area contributed by atoms with Crippen LogP contribution >= 0.6 is 0 Å². The smallest absolute Gasteiger partial charge is 0.138 e. The van der Waals surface area contributed by atoms with Crippen LogP contribution in [0.5, 0.6) is 0 Å². The zero-order valence-corrected chi connectivity index (χ0v) is 12.0. The molecule has 106 valence electrons. The van der Waals surface area contributed by atoms with Crippen molar-refractivity contribution in [3.63, 3.8) is 0 Å². The minimum atomic E-state index is -0.550. The van der Waals surface area contributed by atoms with Crippen LogP contribution in [-0.2, 0) is 6.42 Å². The van der Waals surface area contributed by atoms with Gasteiger partial charge in [0.15, 0.2) is 0 Å². The van der Waals surface area contributed by atoms with Gasteiger partial charge in [0.25, 0.3) is 0 Å². The first-order valence-electron chi connectivity index (χ1n) is 7.68. The van der Waals surface area contributed by atoms with E-state index < -0.39 is 5.60 Å². The van der Waals surface area contributed by atoms with Gasteiger partial charge in [-0.2, -0.15) is 5.10 Å². The van der Waals surface area contributed by atoms with Crippen LogP contribution in [0.4, 0.5) is 0 Å². The molecule has 1 aromatic rings. The molecule has 0 radical (unpaired) electrons. The quantitative estimate of drug-likeness (QED) is 0.908. The molecule has 2 fully saturated rings. The molecule has 4 nitrogen and oxygen atoms in total. The third-order valence-electron chi connectivity index (χ3n) is 4.77. The van der Waals surface area contributed by atoms with Crippen LogP contribution in [0.1, 0.15) is 64.2 Å². The van der Waals surface area contributed by atoms with Crippen molar-refractivity contribution in [1.82, 2.24) is 14.8 Å². The SMILES string of the molecule is CC(C)n1ncnc1CC1(O)CCCC(C2CC2)C1. The van der Waals surface area contributed by atoms with Crippen molar-refractivity contribution < 1.29 is 5.11 Å². The molecule has 0 spiro atoms. The van der Waals surface area contributed by atoms with Gasteiger partial charge in [-0.15, -0.1) is 0 Å². The molecular formula is C15H25N3O. The van der Waals surface area contributed by atoms with E-state index in [4.69, 9.17) is 0 Å². The minimum absolute atomic E-state index is 0.309. The molecule has 2 aliphatic rings. The van der Waals surface area contributed by atoms with Crippen molar-refractivity contribution in [3.05, 3.63) is 12.2 Å². The van der Waals surface area contributed by atoms with E-state index in [9.17, 15) is 5.11 Å². The van der Waals surface area contributed by atoms with Gasteiger partial charge in [0.1, 0.15) is 12.2 Å². The molecule has 0 bridgehead atoms. The maximum absolute atomic E-state index is 10.9. The molecule has 3 rings (SSSR count). The Morgan fingerprint density at radius 3 is 2.84 bits per heavy atom. The Morgan fingerprint density at radius 1 is 1.37 bits per heavy atom. The lowest BCUT2D eigenvalue weighted by Gasteiger charge is -2.37. The standard InChI is InChI=1S/C15H25N3O/c1-11(2)18-14(16-10-17-18)9-15(19)7-3-4-13(8-15)12-5-6-12/h10-13,19H,3-9H2,1-2H3. The maximum Gasteiger partial charge on any atom is 0.138 e. The molecule has 2 saturated carbocycles. The van der Waals surface area contributed by atoms with Crippen LogP contribution in [0.25, 0.3) is 0 Å². The van der Waals surface area contributed by atoms with Gasteiger partial charge < -0.3 is 5.11 Å². The maximum atomic E-state index is 10.9. The largest absolute Gasteiger partial charge is 0.389 e. The van der Waals surface area contributed by atoms with Crippen molar-refractivity contribution in [2.45, 2.75) is 70.4 Å². The van der Waals surface area contributed by atoms with Gasteiger partial charge in [0.05, 0.1) is 5.60 Å². The average molecular weight is 263 g/mol. The Labute approximate surface area is 115 Å². The predicted octanol–water partition coefficient (Wildman–Crippen LogP) is 2.73. The van der Waals surface area contributed by atoms with E-state index in [1.54, 1.807) is 6.33 Å². The Balaban J connectivity index is 1.71. The topological polar surface area (TPSA) is 50.9 Å². The van der Waals surface area contributed by atoms with E-state index in [-0.39, 0.29) is 0 Å². The fourth-order valence-electron chi connectivity index (χ4n) is 3.64. The molecule has 2 aliphatic carbocycles. The summed E-state index contributed by atoms with van der Waals surface area (Å²) in [5, 5.41) is 15.2. The van der Waals surface area contributed by atoms with Gasteiger partial charge in [-0.25, -0.2) is 9.67 Å². The molecule has 1 N–H and O–H groups in total. The fraction of sp³-hybridized carbons (Fsp3) is 0.867. The molecule has 0 saturated heterocycles. The summed E-state index contributed by atoms with van der Waals surface area (Å²) in [6.07, 6.45) is 9.38. The molecule has 4 heteroatoms. The highest BCUT2D eigenvalue weighted by molar-refractivity contribution is 5.00. The molecular weight excluding hydrogens is 238 g/mol. The van der Waals surface area contributed by atoms with Crippen LogP contribution in [0, 0.1) is 11.8 Å². The Bertz CT molecular complexity index is 438. The van der Waals surface area contributed by atoms with E-state index in [1.165, 1.54) is 19.3 Å². The summed E-state index contributed by atoms with van der Waals surface area (Å²) in [5.74, 6) is 2.58. The zero-order valence-electron chi connectivity index (χ0n) is 12.0. The summed E-state index contributed by atoms with van der Waals surface area (Å²) in [5.41, 5.74) is -0.550. The lowest BCUT2D eigenvalue weighted by Crippen LogP contribution is -2.39. The summed E-state index contributed by atoms with van der Waals surface area (Å²) >= 11 is 0. The lowest BCUT2D eigenvalue weighted by atomic mass is 9.74. The summed E-state index contributed by atoms with van der Waals surface area (Å²) in [4.78, 5) is 4.35. The van der Waals surface area contributed by atoms with Crippen LogP contribution in [0.3, 0.4) is 0 Å². The van der Waals surface area contributed by atoms with Gasteiger partial charge in [-0.05, 0) is 57.8 Å². The van der Waals surface area contributed by atoms with E-state index in [2.05, 4.69) is 23.9 Å². The number of aliphatic hydroxyl groups is 1. The zero-order chi connectivity index (χ0) is 13.5. The van der Waals surface area contributed by atoms with Crippen molar-refractivity contribution >= 4 is 0 Å². The molecule has 2 unspecified atom stereocenters. The summed E-state index contributed by atoms with van der Waals surface area (Å²) in [7, 11) is 0. The first-order chi connectivity index (χ1) is 9.07. The van der Waals surface area contributed by atoms with Gasteiger partial charge in [0.2, 0.25) is 0 Å². The Kier molecular flexibility index (Phi) is 3.37. The van der Waals surface area contributed by atoms with Gasteiger partial charge in [-0.3, -0.25) is 0 Å². The summed E-state index contributed by atoms with van der Waals surface area (Å²) in [6.45, 7) is 4.21. The third-order valence-corrected chi connectivity index (χ3v) is 4.77. The first kappa shape index (κ1) is 13.1. The van der Waals surface area contributed by atoms with Crippen molar-refractivity contribution in [3.8, 4) is 0 Å². The van der Waals surface area contributed by atoms with Gasteiger partial charge in [0, 0.05) is 12.5 Å². The normalized spacial score (nSPS) is 31.9. The Morgan fingerprint density at radius 2 is 2.16 bits per heavy atom. The molecule has 19 heavy (non-hydrogen) atoms. The van der Waals surface area contributed by atoms with Crippen LogP contribution in [0.2, 0.25) is 0 Å². The molecule has 0 aliphatic heterocycles. The monoisotopic (exact) mass is 263 g/mol. The van der Waals surface area contributed by atoms with Crippen molar-refractivity contribution in [2.75, 3.05) is 0 Å². The Hall–Kier alpha value is -0.900. The number of nitrogens with zero attached hydrogens (tertiary/aromatic N) is 3. The second kappa shape index (κ2) is 4.89. The lowest BCUT2D eigenvalue weighted by molar-refractivity contribution is -0.0219. The predicted molar refractivity (Wildman–Crippen MR) is 73.7 cm³/mol. The van der Waals surface area contributed by atoms with Crippen molar-refractivity contribution in [1.29, 1.82) is 0 Å². The van der Waals surface area contributed by atoms with E-state index >= 15 is 0 Å². The van der Waals surface area contributed by atoms with E-state index in [0.29, 0.717) is 12.5 Å². The van der Waals surface area contributed by atoms with Gasteiger partial charge >= 0.3 is 0 Å². The van der Waals surface area contributed by atoms with Crippen molar-refractivity contribution in [2.24, 2.45) is 11.8 Å². The molecule has 1 heterocycles. The van der Waals surface area contributed by atoms with E-state index in [0.717, 1.165) is 36.9 Å². The number of hydrogen-bond acceptors (Lipinski definition) is 3. The number of aromatic nitrogens is 3. The molecule has 1 aromatic heterocycles. The molecule has 0 amide bonds. The number of rotatable bonds is 4. The summed E-state index contributed by atoms with van der Waals surface area (Å²) < 4.78 is 1.94. The fourth-order valence-corrected chi connectivity index (χ4v) is 3.64. The molecule has 0 aromatic carbocycles. The van der Waals surface area contributed by atoms with Crippen LogP contribution in [0.15, 0.2) is 6.33 Å². The van der Waals surface area contributed by atoms with Gasteiger partial charge in [-0.1, -0.05) is 6.42 Å². The average Bonchev–Trinajstić information content (AvgIpc) is 3.10. The highest BCUT2D eigenvalue weighted by Crippen LogP contribution is 2.47. The molecule has 2 atom stereocenters. The first-order valence-corrected chi connectivity index (χ1v) is 7.68. The second-order valence-corrected chi connectivity index (χ2v) is 6.81.